The predicted octanol–water partition coefficient (Wildman–Crippen LogP) is 3.40. The monoisotopic (exact) mass is 283 g/mol. The Morgan fingerprint density at radius 1 is 1.24 bits per heavy atom. The number of methoxy groups -OCH3 is 1. The fourth-order valence-corrected chi connectivity index (χ4v) is 3.42. The topological polar surface area (TPSA) is 38.3 Å². The van der Waals surface area contributed by atoms with Crippen LogP contribution in [-0.4, -0.2) is 19.1 Å². The highest BCUT2D eigenvalue weighted by molar-refractivity contribution is 5.86. The van der Waals surface area contributed by atoms with Gasteiger partial charge >= 0.3 is 0 Å². The highest BCUT2D eigenvalue weighted by Gasteiger charge is 2.43. The number of amides is 1. The largest absolute Gasteiger partial charge is 0.497 e. The van der Waals surface area contributed by atoms with Crippen LogP contribution in [0, 0.1) is 0 Å². The number of rotatable bonds is 3. The van der Waals surface area contributed by atoms with Crippen molar-refractivity contribution in [3.8, 4) is 5.75 Å². The number of hydrogen-bond acceptors (Lipinski definition) is 2. The summed E-state index contributed by atoms with van der Waals surface area (Å²) in [7, 11) is 1.68. The third-order valence-electron chi connectivity index (χ3n) is 4.75. The van der Waals surface area contributed by atoms with E-state index in [1.165, 1.54) is 10.9 Å². The van der Waals surface area contributed by atoms with Crippen LogP contribution in [0.25, 0.3) is 10.8 Å². The molecular weight excluding hydrogens is 262 g/mol. The Balaban J connectivity index is 2.06. The summed E-state index contributed by atoms with van der Waals surface area (Å²) in [4.78, 5) is 11.8. The van der Waals surface area contributed by atoms with E-state index in [2.05, 4.69) is 43.4 Å². The molecule has 21 heavy (non-hydrogen) atoms. The van der Waals surface area contributed by atoms with Gasteiger partial charge < -0.3 is 10.1 Å². The first-order valence-electron chi connectivity index (χ1n) is 7.44. The number of carbonyl (C=O) groups excluding carboxylic acids is 1. The lowest BCUT2D eigenvalue weighted by molar-refractivity contribution is -0.119. The molecule has 1 aliphatic heterocycles. The summed E-state index contributed by atoms with van der Waals surface area (Å²) in [6, 6.07) is 12.8. The molecule has 2 aromatic rings. The standard InChI is InChI=1S/C18H21NO2/c1-4-16-18(2,11-17(20)19-16)14-7-5-13-10-15(21-3)8-6-12(13)9-14/h5-10,16H,4,11H2,1-3H3,(H,19,20). The van der Waals surface area contributed by atoms with Crippen LogP contribution in [0.2, 0.25) is 0 Å². The first-order chi connectivity index (χ1) is 10.1. The van der Waals surface area contributed by atoms with E-state index in [4.69, 9.17) is 4.74 Å². The minimum Gasteiger partial charge on any atom is -0.497 e. The molecule has 3 heteroatoms. The average Bonchev–Trinajstić information content (AvgIpc) is 2.81. The molecule has 2 atom stereocenters. The molecule has 0 bridgehead atoms. The SMILES string of the molecule is CCC1NC(=O)CC1(C)c1ccc2cc(OC)ccc2c1. The van der Waals surface area contributed by atoms with Crippen LogP contribution in [0.1, 0.15) is 32.3 Å². The Bertz CT molecular complexity index is 695. The Kier molecular flexibility index (Phi) is 3.36. The van der Waals surface area contributed by atoms with Crippen molar-refractivity contribution < 1.29 is 9.53 Å². The second kappa shape index (κ2) is 5.06. The van der Waals surface area contributed by atoms with Crippen LogP contribution < -0.4 is 10.1 Å². The lowest BCUT2D eigenvalue weighted by atomic mass is 9.74. The van der Waals surface area contributed by atoms with Gasteiger partial charge in [-0.1, -0.05) is 38.1 Å². The maximum atomic E-state index is 11.8. The van der Waals surface area contributed by atoms with Crippen molar-refractivity contribution in [1.29, 1.82) is 0 Å². The summed E-state index contributed by atoms with van der Waals surface area (Å²) >= 11 is 0. The van der Waals surface area contributed by atoms with Gasteiger partial charge in [0.2, 0.25) is 5.91 Å². The van der Waals surface area contributed by atoms with Gasteiger partial charge in [-0.2, -0.15) is 0 Å². The second-order valence-corrected chi connectivity index (χ2v) is 6.05. The molecular formula is C18H21NO2. The van der Waals surface area contributed by atoms with Gasteiger partial charge in [-0.15, -0.1) is 0 Å². The van der Waals surface area contributed by atoms with Gasteiger partial charge in [0.1, 0.15) is 5.75 Å². The third-order valence-corrected chi connectivity index (χ3v) is 4.75. The van der Waals surface area contributed by atoms with E-state index in [-0.39, 0.29) is 17.4 Å². The molecule has 3 nitrogen and oxygen atoms in total. The normalized spacial score (nSPS) is 25.1. The van der Waals surface area contributed by atoms with Crippen LogP contribution in [0.5, 0.6) is 5.75 Å². The molecule has 110 valence electrons. The summed E-state index contributed by atoms with van der Waals surface area (Å²) < 4.78 is 5.27. The van der Waals surface area contributed by atoms with Crippen LogP contribution in [-0.2, 0) is 10.2 Å². The van der Waals surface area contributed by atoms with Gasteiger partial charge in [-0.3, -0.25) is 4.79 Å². The quantitative estimate of drug-likeness (QED) is 0.937. The molecule has 2 aromatic carbocycles. The van der Waals surface area contributed by atoms with Crippen molar-refractivity contribution in [2.24, 2.45) is 0 Å². The van der Waals surface area contributed by atoms with Gasteiger partial charge in [-0.25, -0.2) is 0 Å². The lowest BCUT2D eigenvalue weighted by Gasteiger charge is -2.30. The molecule has 1 N–H and O–H groups in total. The number of benzene rings is 2. The molecule has 0 radical (unpaired) electrons. The van der Waals surface area contributed by atoms with E-state index >= 15 is 0 Å². The zero-order valence-corrected chi connectivity index (χ0v) is 12.8. The smallest absolute Gasteiger partial charge is 0.221 e. The summed E-state index contributed by atoms with van der Waals surface area (Å²) in [6.07, 6.45) is 1.51. The van der Waals surface area contributed by atoms with E-state index in [1.807, 2.05) is 12.1 Å². The Hall–Kier alpha value is -2.03. The van der Waals surface area contributed by atoms with E-state index < -0.39 is 0 Å². The Morgan fingerprint density at radius 2 is 1.95 bits per heavy atom. The van der Waals surface area contributed by atoms with Gasteiger partial charge in [0.15, 0.2) is 0 Å². The van der Waals surface area contributed by atoms with Crippen molar-refractivity contribution in [2.75, 3.05) is 7.11 Å². The first-order valence-corrected chi connectivity index (χ1v) is 7.44. The average molecular weight is 283 g/mol. The summed E-state index contributed by atoms with van der Waals surface area (Å²) in [5.74, 6) is 1.02. The van der Waals surface area contributed by atoms with Gasteiger partial charge in [0.25, 0.3) is 0 Å². The summed E-state index contributed by atoms with van der Waals surface area (Å²) in [5, 5.41) is 5.44. The minimum absolute atomic E-state index is 0.125. The van der Waals surface area contributed by atoms with Gasteiger partial charge in [-0.05, 0) is 34.9 Å². The third kappa shape index (κ3) is 2.27. The molecule has 0 spiro atoms. The van der Waals surface area contributed by atoms with Crippen LogP contribution in [0.4, 0.5) is 0 Å². The molecule has 2 unspecified atom stereocenters. The Labute approximate surface area is 125 Å². The molecule has 1 amide bonds. The highest BCUT2D eigenvalue weighted by atomic mass is 16.5. The molecule has 0 saturated carbocycles. The maximum Gasteiger partial charge on any atom is 0.221 e. The van der Waals surface area contributed by atoms with E-state index in [0.29, 0.717) is 6.42 Å². The van der Waals surface area contributed by atoms with Crippen molar-refractivity contribution >= 4 is 16.7 Å². The molecule has 0 aliphatic carbocycles. The molecule has 1 fully saturated rings. The number of carbonyl (C=O) groups is 1. The first kappa shape index (κ1) is 13.9. The van der Waals surface area contributed by atoms with Crippen molar-refractivity contribution in [1.82, 2.24) is 5.32 Å². The predicted molar refractivity (Wildman–Crippen MR) is 84.7 cm³/mol. The van der Waals surface area contributed by atoms with Crippen molar-refractivity contribution in [3.05, 3.63) is 42.0 Å². The minimum atomic E-state index is -0.125. The van der Waals surface area contributed by atoms with Gasteiger partial charge in [0.05, 0.1) is 7.11 Å². The maximum absolute atomic E-state index is 11.8. The molecule has 1 aliphatic rings. The molecule has 3 rings (SSSR count). The summed E-state index contributed by atoms with van der Waals surface area (Å²) in [6.45, 7) is 4.31. The number of fused-ring (bicyclic) bond motifs is 1. The Morgan fingerprint density at radius 3 is 2.67 bits per heavy atom. The molecule has 0 aromatic heterocycles. The number of ether oxygens (including phenoxy) is 1. The molecule has 1 heterocycles. The zero-order chi connectivity index (χ0) is 15.0. The van der Waals surface area contributed by atoms with Crippen LogP contribution >= 0.6 is 0 Å². The fraction of sp³-hybridized carbons (Fsp3) is 0.389. The zero-order valence-electron chi connectivity index (χ0n) is 12.8. The lowest BCUT2D eigenvalue weighted by Crippen LogP contribution is -2.37. The number of nitrogens with one attached hydrogen (secondary N) is 1. The fourth-order valence-electron chi connectivity index (χ4n) is 3.42. The van der Waals surface area contributed by atoms with Crippen molar-refractivity contribution in [2.45, 2.75) is 38.1 Å². The van der Waals surface area contributed by atoms with E-state index in [0.717, 1.165) is 17.6 Å². The summed E-state index contributed by atoms with van der Waals surface area (Å²) in [5.41, 5.74) is 1.10. The number of hydrogen-bond donors (Lipinski definition) is 1. The second-order valence-electron chi connectivity index (χ2n) is 6.05. The van der Waals surface area contributed by atoms with E-state index in [1.54, 1.807) is 7.11 Å². The van der Waals surface area contributed by atoms with Crippen molar-refractivity contribution in [3.63, 3.8) is 0 Å². The molecule has 1 saturated heterocycles. The van der Waals surface area contributed by atoms with E-state index in [9.17, 15) is 4.79 Å². The van der Waals surface area contributed by atoms with Gasteiger partial charge in [0, 0.05) is 17.9 Å². The highest BCUT2D eigenvalue weighted by Crippen LogP contribution is 2.38. The van der Waals surface area contributed by atoms with Crippen LogP contribution in [0.3, 0.4) is 0 Å². The van der Waals surface area contributed by atoms with Crippen LogP contribution in [0.15, 0.2) is 36.4 Å².